The predicted octanol–water partition coefficient (Wildman–Crippen LogP) is 3.18. The third-order valence-corrected chi connectivity index (χ3v) is 6.06. The molecule has 0 radical (unpaired) electrons. The van der Waals surface area contributed by atoms with Crippen molar-refractivity contribution in [3.63, 3.8) is 0 Å². The van der Waals surface area contributed by atoms with E-state index in [1.807, 2.05) is 41.3 Å². The molecule has 0 aliphatic carbocycles. The topological polar surface area (TPSA) is 113 Å². The summed E-state index contributed by atoms with van der Waals surface area (Å²) in [7, 11) is 0. The molecule has 0 unspecified atom stereocenters. The van der Waals surface area contributed by atoms with Gasteiger partial charge in [0.15, 0.2) is 12.4 Å². The molecule has 33 heavy (non-hydrogen) atoms. The van der Waals surface area contributed by atoms with Crippen LogP contribution in [0, 0.1) is 11.3 Å². The first-order valence-corrected chi connectivity index (χ1v) is 11.4. The highest BCUT2D eigenvalue weighted by Crippen LogP contribution is 2.29. The lowest BCUT2D eigenvalue weighted by atomic mass is 10.3. The molecule has 170 valence electrons. The molecular formula is C23H22N4O5S. The van der Waals surface area contributed by atoms with E-state index in [1.54, 1.807) is 28.8 Å². The third-order valence-electron chi connectivity index (χ3n) is 5.04. The van der Waals surface area contributed by atoms with Gasteiger partial charge in [-0.1, -0.05) is 18.2 Å². The van der Waals surface area contributed by atoms with Gasteiger partial charge in [-0.25, -0.2) is 0 Å². The maximum Gasteiger partial charge on any atom is 0.307 e. The number of hydrogen-bond donors (Lipinski definition) is 0. The summed E-state index contributed by atoms with van der Waals surface area (Å²) >= 11 is 1.57. The highest BCUT2D eigenvalue weighted by molar-refractivity contribution is 7.99. The van der Waals surface area contributed by atoms with Crippen molar-refractivity contribution in [2.24, 2.45) is 0 Å². The summed E-state index contributed by atoms with van der Waals surface area (Å²) < 4.78 is 16.2. The highest BCUT2D eigenvalue weighted by atomic mass is 32.2. The molecule has 0 spiro atoms. The SMILES string of the molecule is N#Cc1nc(-c2ccco2)oc1N1CCN(C(=O)COC(=O)CCSc2ccccc2)CC1. The van der Waals surface area contributed by atoms with Crippen LogP contribution >= 0.6 is 11.8 Å². The molecule has 1 aliphatic rings. The van der Waals surface area contributed by atoms with Crippen molar-refractivity contribution in [3.05, 3.63) is 54.4 Å². The Bertz CT molecular complexity index is 1120. The van der Waals surface area contributed by atoms with Gasteiger partial charge in [-0.15, -0.1) is 11.8 Å². The normalized spacial score (nSPS) is 13.5. The molecule has 3 heterocycles. The highest BCUT2D eigenvalue weighted by Gasteiger charge is 2.27. The first-order chi connectivity index (χ1) is 16.1. The van der Waals surface area contributed by atoms with Gasteiger partial charge in [0.2, 0.25) is 11.6 Å². The Hall–Kier alpha value is -3.71. The van der Waals surface area contributed by atoms with Gasteiger partial charge < -0.3 is 23.4 Å². The van der Waals surface area contributed by atoms with E-state index in [1.165, 1.54) is 6.26 Å². The number of carbonyl (C=O) groups is 2. The summed E-state index contributed by atoms with van der Waals surface area (Å²) in [4.78, 5) is 33.2. The number of anilines is 1. The number of furan rings is 1. The fraction of sp³-hybridized carbons (Fsp3) is 0.304. The molecule has 0 N–H and O–H groups in total. The van der Waals surface area contributed by atoms with Gasteiger partial charge in [0.25, 0.3) is 11.8 Å². The van der Waals surface area contributed by atoms with Crippen molar-refractivity contribution in [2.75, 3.05) is 43.4 Å². The van der Waals surface area contributed by atoms with E-state index in [0.717, 1.165) is 4.90 Å². The minimum atomic E-state index is -0.392. The van der Waals surface area contributed by atoms with Crippen molar-refractivity contribution in [2.45, 2.75) is 11.3 Å². The van der Waals surface area contributed by atoms with E-state index >= 15 is 0 Å². The number of piperazine rings is 1. The number of amides is 1. The first kappa shape index (κ1) is 22.5. The Labute approximate surface area is 194 Å². The molecule has 0 atom stereocenters. The number of benzene rings is 1. The maximum absolute atomic E-state index is 12.4. The zero-order valence-corrected chi connectivity index (χ0v) is 18.6. The summed E-state index contributed by atoms with van der Waals surface area (Å²) in [5.74, 6) is 0.995. The lowest BCUT2D eigenvalue weighted by Crippen LogP contribution is -2.50. The predicted molar refractivity (Wildman–Crippen MR) is 120 cm³/mol. The number of thioether (sulfide) groups is 1. The van der Waals surface area contributed by atoms with Gasteiger partial charge in [0.1, 0.15) is 6.07 Å². The van der Waals surface area contributed by atoms with E-state index in [0.29, 0.717) is 43.6 Å². The average molecular weight is 467 g/mol. The van der Waals surface area contributed by atoms with Gasteiger partial charge in [0.05, 0.1) is 12.7 Å². The van der Waals surface area contributed by atoms with E-state index in [-0.39, 0.29) is 30.5 Å². The van der Waals surface area contributed by atoms with Crippen LogP contribution in [0.1, 0.15) is 12.1 Å². The van der Waals surface area contributed by atoms with Crippen molar-refractivity contribution in [1.82, 2.24) is 9.88 Å². The molecule has 9 nitrogen and oxygen atoms in total. The van der Waals surface area contributed by atoms with Crippen molar-refractivity contribution < 1.29 is 23.2 Å². The van der Waals surface area contributed by atoms with Crippen LogP contribution in [-0.2, 0) is 14.3 Å². The summed E-state index contributed by atoms with van der Waals surface area (Å²) in [6.07, 6.45) is 1.74. The number of rotatable bonds is 8. The Morgan fingerprint density at radius 3 is 2.61 bits per heavy atom. The maximum atomic E-state index is 12.4. The molecular weight excluding hydrogens is 444 g/mol. The third kappa shape index (κ3) is 5.75. The Balaban J connectivity index is 1.22. The number of nitriles is 1. The van der Waals surface area contributed by atoms with E-state index in [2.05, 4.69) is 4.98 Å². The van der Waals surface area contributed by atoms with Crippen molar-refractivity contribution >= 4 is 29.5 Å². The largest absolute Gasteiger partial charge is 0.459 e. The van der Waals surface area contributed by atoms with E-state index in [4.69, 9.17) is 13.6 Å². The number of hydrogen-bond acceptors (Lipinski definition) is 9. The molecule has 1 aromatic carbocycles. The Morgan fingerprint density at radius 1 is 1.12 bits per heavy atom. The Morgan fingerprint density at radius 2 is 1.91 bits per heavy atom. The monoisotopic (exact) mass is 466 g/mol. The van der Waals surface area contributed by atoms with Crippen LogP contribution in [0.3, 0.4) is 0 Å². The van der Waals surface area contributed by atoms with Gasteiger partial charge in [0, 0.05) is 36.8 Å². The van der Waals surface area contributed by atoms with E-state index in [9.17, 15) is 14.9 Å². The Kier molecular flexibility index (Phi) is 7.32. The standard InChI is InChI=1S/C23H22N4O5S/c24-15-18-23(32-22(25-18)19-7-4-13-30-19)27-11-9-26(10-12-27)20(28)16-31-21(29)8-14-33-17-5-2-1-3-6-17/h1-7,13H,8-12,14,16H2. The van der Waals surface area contributed by atoms with Gasteiger partial charge in [-0.2, -0.15) is 10.2 Å². The molecule has 1 aliphatic heterocycles. The second kappa shape index (κ2) is 10.7. The van der Waals surface area contributed by atoms with Crippen LogP contribution in [0.2, 0.25) is 0 Å². The molecule has 2 aromatic heterocycles. The number of aromatic nitrogens is 1. The number of ether oxygens (including phenoxy) is 1. The second-order valence-electron chi connectivity index (χ2n) is 7.20. The van der Waals surface area contributed by atoms with Gasteiger partial charge in [-0.3, -0.25) is 9.59 Å². The fourth-order valence-electron chi connectivity index (χ4n) is 3.34. The molecule has 4 rings (SSSR count). The van der Waals surface area contributed by atoms with Crippen LogP contribution in [0.15, 0.2) is 62.5 Å². The molecule has 10 heteroatoms. The lowest BCUT2D eigenvalue weighted by molar-refractivity contribution is -0.151. The first-order valence-electron chi connectivity index (χ1n) is 10.4. The van der Waals surface area contributed by atoms with Gasteiger partial charge >= 0.3 is 5.97 Å². The number of esters is 1. The van der Waals surface area contributed by atoms with Crippen LogP contribution in [-0.4, -0.2) is 60.3 Å². The zero-order chi connectivity index (χ0) is 23.0. The minimum absolute atomic E-state index is 0.170. The molecule has 1 saturated heterocycles. The number of oxazole rings is 1. The molecule has 0 saturated carbocycles. The van der Waals surface area contributed by atoms with Crippen LogP contribution < -0.4 is 4.90 Å². The smallest absolute Gasteiger partial charge is 0.307 e. The van der Waals surface area contributed by atoms with Gasteiger partial charge in [-0.05, 0) is 24.3 Å². The molecule has 0 bridgehead atoms. The second-order valence-corrected chi connectivity index (χ2v) is 8.37. The van der Waals surface area contributed by atoms with E-state index < -0.39 is 5.97 Å². The molecule has 1 fully saturated rings. The molecule has 3 aromatic rings. The zero-order valence-electron chi connectivity index (χ0n) is 17.8. The average Bonchev–Trinajstić information content (AvgIpc) is 3.53. The lowest BCUT2D eigenvalue weighted by Gasteiger charge is -2.34. The summed E-state index contributed by atoms with van der Waals surface area (Å²) in [6.45, 7) is 1.50. The summed E-state index contributed by atoms with van der Waals surface area (Å²) in [5.41, 5.74) is 0.170. The van der Waals surface area contributed by atoms with Crippen LogP contribution in [0.5, 0.6) is 0 Å². The van der Waals surface area contributed by atoms with Crippen LogP contribution in [0.25, 0.3) is 11.7 Å². The fourth-order valence-corrected chi connectivity index (χ4v) is 4.19. The van der Waals surface area contributed by atoms with Crippen molar-refractivity contribution in [1.29, 1.82) is 5.26 Å². The molecule has 1 amide bonds. The summed E-state index contributed by atoms with van der Waals surface area (Å²) in [6, 6.07) is 15.3. The minimum Gasteiger partial charge on any atom is -0.459 e. The number of nitrogens with zero attached hydrogens (tertiary/aromatic N) is 4. The summed E-state index contributed by atoms with van der Waals surface area (Å²) in [5, 5.41) is 9.40. The quantitative estimate of drug-likeness (QED) is 0.365. The van der Waals surface area contributed by atoms with Crippen molar-refractivity contribution in [3.8, 4) is 17.7 Å². The number of carbonyl (C=O) groups excluding carboxylic acids is 2. The van der Waals surface area contributed by atoms with Crippen LogP contribution in [0.4, 0.5) is 5.88 Å².